The average Bonchev–Trinajstić information content (AvgIpc) is 2.52. The molecule has 1 aliphatic rings. The SMILES string of the molecule is CCC[C@H]1CCN(C(=O)OC)C1. The number of ether oxygens (including phenoxy) is 1. The van der Waals surface area contributed by atoms with Crippen molar-refractivity contribution in [3.05, 3.63) is 0 Å². The van der Waals surface area contributed by atoms with Gasteiger partial charge in [-0.2, -0.15) is 0 Å². The van der Waals surface area contributed by atoms with E-state index in [1.807, 2.05) is 0 Å². The van der Waals surface area contributed by atoms with Crippen molar-refractivity contribution in [3.63, 3.8) is 0 Å². The normalized spacial score (nSPS) is 22.8. The van der Waals surface area contributed by atoms with E-state index in [2.05, 4.69) is 11.7 Å². The van der Waals surface area contributed by atoms with Crippen LogP contribution in [0.1, 0.15) is 26.2 Å². The van der Waals surface area contributed by atoms with Crippen LogP contribution in [0, 0.1) is 5.92 Å². The third-order valence-corrected chi connectivity index (χ3v) is 2.42. The van der Waals surface area contributed by atoms with Crippen LogP contribution in [0.15, 0.2) is 0 Å². The zero-order valence-electron chi connectivity index (χ0n) is 7.88. The Hall–Kier alpha value is -0.730. The van der Waals surface area contributed by atoms with E-state index in [9.17, 15) is 4.79 Å². The smallest absolute Gasteiger partial charge is 0.409 e. The quantitative estimate of drug-likeness (QED) is 0.634. The van der Waals surface area contributed by atoms with Gasteiger partial charge in [-0.05, 0) is 18.8 Å². The molecule has 1 saturated heterocycles. The van der Waals surface area contributed by atoms with Crippen LogP contribution in [0.2, 0.25) is 0 Å². The van der Waals surface area contributed by atoms with Gasteiger partial charge in [-0.25, -0.2) is 4.79 Å². The van der Waals surface area contributed by atoms with Gasteiger partial charge in [-0.15, -0.1) is 0 Å². The molecule has 70 valence electrons. The maximum absolute atomic E-state index is 11.1. The van der Waals surface area contributed by atoms with Crippen molar-refractivity contribution >= 4 is 6.09 Å². The molecule has 0 spiro atoms. The Kier molecular flexibility index (Phi) is 3.38. The Balaban J connectivity index is 2.30. The van der Waals surface area contributed by atoms with Crippen molar-refractivity contribution in [2.75, 3.05) is 20.2 Å². The second kappa shape index (κ2) is 4.33. The fraction of sp³-hybridized carbons (Fsp3) is 0.889. The molecule has 0 radical (unpaired) electrons. The topological polar surface area (TPSA) is 29.5 Å². The molecule has 0 saturated carbocycles. The van der Waals surface area contributed by atoms with Crippen molar-refractivity contribution in [2.24, 2.45) is 5.92 Å². The molecule has 0 unspecified atom stereocenters. The van der Waals surface area contributed by atoms with Crippen LogP contribution in [0.5, 0.6) is 0 Å². The molecule has 0 aliphatic carbocycles. The molecule has 0 aromatic carbocycles. The minimum atomic E-state index is -0.173. The van der Waals surface area contributed by atoms with E-state index < -0.39 is 0 Å². The highest BCUT2D eigenvalue weighted by Crippen LogP contribution is 2.20. The van der Waals surface area contributed by atoms with Crippen molar-refractivity contribution in [1.29, 1.82) is 0 Å². The molecule has 1 fully saturated rings. The molecule has 0 N–H and O–H groups in total. The molecule has 1 amide bonds. The third-order valence-electron chi connectivity index (χ3n) is 2.42. The predicted molar refractivity (Wildman–Crippen MR) is 47.0 cm³/mol. The first kappa shape index (κ1) is 9.36. The summed E-state index contributed by atoms with van der Waals surface area (Å²) in [6.45, 7) is 3.94. The molecule has 0 aromatic heterocycles. The minimum Gasteiger partial charge on any atom is -0.453 e. The van der Waals surface area contributed by atoms with E-state index in [4.69, 9.17) is 0 Å². The summed E-state index contributed by atoms with van der Waals surface area (Å²) in [5.74, 6) is 0.703. The van der Waals surface area contributed by atoms with Crippen molar-refractivity contribution in [3.8, 4) is 0 Å². The van der Waals surface area contributed by atoms with Gasteiger partial charge in [0.1, 0.15) is 0 Å². The van der Waals surface area contributed by atoms with Crippen LogP contribution in [0.4, 0.5) is 4.79 Å². The van der Waals surface area contributed by atoms with Crippen LogP contribution in [-0.2, 0) is 4.74 Å². The molecule has 3 nitrogen and oxygen atoms in total. The maximum Gasteiger partial charge on any atom is 0.409 e. The van der Waals surface area contributed by atoms with Gasteiger partial charge in [-0.3, -0.25) is 0 Å². The van der Waals surface area contributed by atoms with E-state index in [1.54, 1.807) is 4.90 Å². The van der Waals surface area contributed by atoms with Crippen molar-refractivity contribution < 1.29 is 9.53 Å². The molecule has 1 atom stereocenters. The summed E-state index contributed by atoms with van der Waals surface area (Å²) >= 11 is 0. The minimum absolute atomic E-state index is 0.173. The summed E-state index contributed by atoms with van der Waals surface area (Å²) in [6, 6.07) is 0. The highest BCUT2D eigenvalue weighted by molar-refractivity contribution is 5.67. The lowest BCUT2D eigenvalue weighted by Gasteiger charge is -2.13. The molecule has 0 bridgehead atoms. The number of nitrogens with zero attached hydrogens (tertiary/aromatic N) is 1. The number of hydrogen-bond donors (Lipinski definition) is 0. The van der Waals surface area contributed by atoms with Crippen LogP contribution < -0.4 is 0 Å². The number of carbonyl (C=O) groups is 1. The Morgan fingerprint density at radius 2 is 2.42 bits per heavy atom. The number of carbonyl (C=O) groups excluding carboxylic acids is 1. The van der Waals surface area contributed by atoms with Gasteiger partial charge in [0.2, 0.25) is 0 Å². The number of rotatable bonds is 2. The molecular formula is C9H17NO2. The number of methoxy groups -OCH3 is 1. The summed E-state index contributed by atoms with van der Waals surface area (Å²) in [6.07, 6.45) is 3.41. The molecule has 1 aliphatic heterocycles. The summed E-state index contributed by atoms with van der Waals surface area (Å²) in [4.78, 5) is 12.9. The van der Waals surface area contributed by atoms with E-state index >= 15 is 0 Å². The molecule has 1 heterocycles. The van der Waals surface area contributed by atoms with Crippen molar-refractivity contribution in [1.82, 2.24) is 4.90 Å². The first-order valence-corrected chi connectivity index (χ1v) is 4.60. The average molecular weight is 171 g/mol. The predicted octanol–water partition coefficient (Wildman–Crippen LogP) is 1.87. The van der Waals surface area contributed by atoms with Gasteiger partial charge in [0.05, 0.1) is 7.11 Å². The monoisotopic (exact) mass is 171 g/mol. The zero-order chi connectivity index (χ0) is 8.97. The maximum atomic E-state index is 11.1. The lowest BCUT2D eigenvalue weighted by Crippen LogP contribution is -2.28. The summed E-state index contributed by atoms with van der Waals surface area (Å²) in [7, 11) is 1.44. The summed E-state index contributed by atoms with van der Waals surface area (Å²) < 4.78 is 4.65. The molecule has 1 rings (SSSR count). The second-order valence-electron chi connectivity index (χ2n) is 3.36. The third kappa shape index (κ3) is 2.13. The Morgan fingerprint density at radius 1 is 1.67 bits per heavy atom. The molecular weight excluding hydrogens is 154 g/mol. The lowest BCUT2D eigenvalue weighted by molar-refractivity contribution is 0.131. The van der Waals surface area contributed by atoms with Gasteiger partial charge in [-0.1, -0.05) is 13.3 Å². The first-order chi connectivity index (χ1) is 5.77. The second-order valence-corrected chi connectivity index (χ2v) is 3.36. The van der Waals surface area contributed by atoms with Gasteiger partial charge >= 0.3 is 6.09 Å². The fourth-order valence-corrected chi connectivity index (χ4v) is 1.77. The van der Waals surface area contributed by atoms with E-state index in [1.165, 1.54) is 20.0 Å². The Morgan fingerprint density at radius 3 is 3.00 bits per heavy atom. The fourth-order valence-electron chi connectivity index (χ4n) is 1.77. The number of amides is 1. The largest absolute Gasteiger partial charge is 0.453 e. The summed E-state index contributed by atoms with van der Waals surface area (Å²) in [5, 5.41) is 0. The van der Waals surface area contributed by atoms with Gasteiger partial charge in [0.25, 0.3) is 0 Å². The molecule has 12 heavy (non-hydrogen) atoms. The molecule has 3 heteroatoms. The van der Waals surface area contributed by atoms with Crippen molar-refractivity contribution in [2.45, 2.75) is 26.2 Å². The lowest BCUT2D eigenvalue weighted by atomic mass is 10.0. The first-order valence-electron chi connectivity index (χ1n) is 4.60. The van der Waals surface area contributed by atoms with Gasteiger partial charge < -0.3 is 9.64 Å². The Labute approximate surface area is 73.7 Å². The van der Waals surface area contributed by atoms with E-state index in [0.29, 0.717) is 5.92 Å². The van der Waals surface area contributed by atoms with E-state index in [0.717, 1.165) is 19.5 Å². The number of likely N-dealkylation sites (tertiary alicyclic amines) is 1. The van der Waals surface area contributed by atoms with Crippen LogP contribution in [0.25, 0.3) is 0 Å². The standard InChI is InChI=1S/C9H17NO2/c1-3-4-8-5-6-10(7-8)9(11)12-2/h8H,3-7H2,1-2H3/t8-/m0/s1. The number of hydrogen-bond acceptors (Lipinski definition) is 2. The highest BCUT2D eigenvalue weighted by atomic mass is 16.5. The van der Waals surface area contributed by atoms with E-state index in [-0.39, 0.29) is 6.09 Å². The Bertz CT molecular complexity index is 159. The highest BCUT2D eigenvalue weighted by Gasteiger charge is 2.25. The van der Waals surface area contributed by atoms with Crippen LogP contribution in [-0.4, -0.2) is 31.2 Å². The zero-order valence-corrected chi connectivity index (χ0v) is 7.88. The van der Waals surface area contributed by atoms with Crippen LogP contribution >= 0.6 is 0 Å². The van der Waals surface area contributed by atoms with Gasteiger partial charge in [0, 0.05) is 13.1 Å². The van der Waals surface area contributed by atoms with Crippen LogP contribution in [0.3, 0.4) is 0 Å². The van der Waals surface area contributed by atoms with Gasteiger partial charge in [0.15, 0.2) is 0 Å². The summed E-state index contributed by atoms with van der Waals surface area (Å²) in [5.41, 5.74) is 0. The molecule has 0 aromatic rings.